The highest BCUT2D eigenvalue weighted by atomic mass is 32.2. The Morgan fingerprint density at radius 2 is 2.10 bits per heavy atom. The van der Waals surface area contributed by atoms with Crippen LogP contribution in [-0.4, -0.2) is 38.7 Å². The normalized spacial score (nSPS) is 19.8. The predicted molar refractivity (Wildman–Crippen MR) is 119 cm³/mol. The van der Waals surface area contributed by atoms with Gasteiger partial charge in [0.15, 0.2) is 5.17 Å². The Labute approximate surface area is 182 Å². The number of aliphatic imine (C=N–C) groups is 1. The summed E-state index contributed by atoms with van der Waals surface area (Å²) in [5.41, 5.74) is 1.60. The summed E-state index contributed by atoms with van der Waals surface area (Å²) >= 11 is 2.85. The molecular formula is C21H21FN4O2S2. The van der Waals surface area contributed by atoms with Gasteiger partial charge in [0.05, 0.1) is 5.69 Å². The maximum Gasteiger partial charge on any atom is 0.242 e. The quantitative estimate of drug-likeness (QED) is 0.674. The zero-order valence-corrected chi connectivity index (χ0v) is 17.9. The van der Waals surface area contributed by atoms with Crippen LogP contribution in [0.5, 0.6) is 0 Å². The fourth-order valence-electron chi connectivity index (χ4n) is 3.40. The number of amides is 2. The number of aromatic nitrogens is 1. The van der Waals surface area contributed by atoms with E-state index in [4.69, 9.17) is 0 Å². The van der Waals surface area contributed by atoms with E-state index in [1.807, 2.05) is 0 Å². The molecule has 1 aromatic carbocycles. The van der Waals surface area contributed by atoms with E-state index in [1.165, 1.54) is 47.3 Å². The van der Waals surface area contributed by atoms with Crippen molar-refractivity contribution in [1.29, 1.82) is 0 Å². The van der Waals surface area contributed by atoms with Crippen LogP contribution < -0.4 is 5.32 Å². The summed E-state index contributed by atoms with van der Waals surface area (Å²) < 4.78 is 13.0. The molecule has 0 radical (unpaired) electrons. The topological polar surface area (TPSA) is 74.7 Å². The largest absolute Gasteiger partial charge is 0.326 e. The van der Waals surface area contributed by atoms with E-state index in [1.54, 1.807) is 22.3 Å². The number of hydrogen-bond donors (Lipinski definition) is 1. The van der Waals surface area contributed by atoms with Gasteiger partial charge in [0.1, 0.15) is 11.1 Å². The molecule has 2 amide bonds. The standard InChI is InChI=1S/C21H21FN4O2S2/c1-2-11-26-19(28)17(12-18(27)23-14-9-7-13(22)8-10-14)30-21(26)25-20-24-15-5-3-4-6-16(15)29-20/h2,7-10,17H,1,3-6,11-12H2,(H,23,27). The molecule has 1 aliphatic carbocycles. The summed E-state index contributed by atoms with van der Waals surface area (Å²) in [6.45, 7) is 4.05. The number of benzene rings is 1. The number of amidine groups is 1. The number of nitrogens with one attached hydrogen (secondary N) is 1. The first-order valence-corrected chi connectivity index (χ1v) is 11.4. The second-order valence-electron chi connectivity index (χ2n) is 7.07. The van der Waals surface area contributed by atoms with E-state index in [9.17, 15) is 14.0 Å². The van der Waals surface area contributed by atoms with Gasteiger partial charge in [-0.05, 0) is 49.9 Å². The lowest BCUT2D eigenvalue weighted by molar-refractivity contribution is -0.127. The molecule has 1 saturated heterocycles. The molecule has 156 valence electrons. The van der Waals surface area contributed by atoms with Crippen molar-refractivity contribution in [2.24, 2.45) is 4.99 Å². The summed E-state index contributed by atoms with van der Waals surface area (Å²) in [5.74, 6) is -0.856. The smallest absolute Gasteiger partial charge is 0.242 e. The number of thioether (sulfide) groups is 1. The van der Waals surface area contributed by atoms with Crippen LogP contribution in [0.4, 0.5) is 15.2 Å². The van der Waals surface area contributed by atoms with Crippen LogP contribution in [0.15, 0.2) is 41.9 Å². The summed E-state index contributed by atoms with van der Waals surface area (Å²) in [4.78, 5) is 37.3. The fourth-order valence-corrected chi connectivity index (χ4v) is 5.63. The first-order chi connectivity index (χ1) is 14.5. The molecule has 2 heterocycles. The molecule has 4 rings (SSSR count). The lowest BCUT2D eigenvalue weighted by Crippen LogP contribution is -2.33. The lowest BCUT2D eigenvalue weighted by atomic mass is 10.0. The molecule has 0 bridgehead atoms. The maximum atomic E-state index is 13.0. The number of nitrogens with zero attached hydrogens (tertiary/aromatic N) is 3. The molecule has 1 aliphatic heterocycles. The van der Waals surface area contributed by atoms with Crippen LogP contribution >= 0.6 is 23.1 Å². The van der Waals surface area contributed by atoms with Gasteiger partial charge < -0.3 is 5.32 Å². The monoisotopic (exact) mass is 444 g/mol. The number of carbonyl (C=O) groups excluding carboxylic acids is 2. The van der Waals surface area contributed by atoms with Gasteiger partial charge in [0.25, 0.3) is 0 Å². The number of hydrogen-bond acceptors (Lipinski definition) is 6. The van der Waals surface area contributed by atoms with Gasteiger partial charge in [-0.25, -0.2) is 9.37 Å². The average molecular weight is 445 g/mol. The summed E-state index contributed by atoms with van der Waals surface area (Å²) in [5, 5.41) is 3.33. The number of rotatable bonds is 6. The van der Waals surface area contributed by atoms with Gasteiger partial charge in [-0.1, -0.05) is 29.2 Å². The van der Waals surface area contributed by atoms with Gasteiger partial charge in [-0.3, -0.25) is 14.5 Å². The maximum absolute atomic E-state index is 13.0. The van der Waals surface area contributed by atoms with Gasteiger partial charge >= 0.3 is 0 Å². The van der Waals surface area contributed by atoms with Crippen LogP contribution in [0, 0.1) is 5.82 Å². The van der Waals surface area contributed by atoms with E-state index in [0.29, 0.717) is 22.5 Å². The zero-order valence-electron chi connectivity index (χ0n) is 16.3. The number of thiazole rings is 1. The Balaban J connectivity index is 1.48. The number of aryl methyl sites for hydroxylation is 2. The second-order valence-corrected chi connectivity index (χ2v) is 9.30. The Morgan fingerprint density at radius 3 is 2.83 bits per heavy atom. The summed E-state index contributed by atoms with van der Waals surface area (Å²) in [7, 11) is 0. The van der Waals surface area contributed by atoms with E-state index in [2.05, 4.69) is 21.9 Å². The van der Waals surface area contributed by atoms with Crippen LogP contribution in [0.1, 0.15) is 29.8 Å². The first-order valence-electron chi connectivity index (χ1n) is 9.75. The van der Waals surface area contributed by atoms with Crippen molar-refractivity contribution in [3.63, 3.8) is 0 Å². The third kappa shape index (κ3) is 4.62. The van der Waals surface area contributed by atoms with Gasteiger partial charge in [-0.15, -0.1) is 6.58 Å². The summed E-state index contributed by atoms with van der Waals surface area (Å²) in [6.07, 6.45) is 5.97. The highest BCUT2D eigenvalue weighted by molar-refractivity contribution is 8.15. The fraction of sp³-hybridized carbons (Fsp3) is 0.333. The Bertz CT molecular complexity index is 979. The average Bonchev–Trinajstić information content (AvgIpc) is 3.26. The molecule has 1 N–H and O–H groups in total. The van der Waals surface area contributed by atoms with E-state index >= 15 is 0 Å². The van der Waals surface area contributed by atoms with Gasteiger partial charge in [0, 0.05) is 23.5 Å². The van der Waals surface area contributed by atoms with E-state index in [0.717, 1.165) is 25.0 Å². The highest BCUT2D eigenvalue weighted by Crippen LogP contribution is 2.35. The molecule has 30 heavy (non-hydrogen) atoms. The van der Waals surface area contributed by atoms with E-state index in [-0.39, 0.29) is 24.1 Å². The van der Waals surface area contributed by atoms with E-state index < -0.39 is 5.25 Å². The zero-order chi connectivity index (χ0) is 21.1. The molecule has 2 aromatic rings. The van der Waals surface area contributed by atoms with Crippen LogP contribution in [-0.2, 0) is 22.4 Å². The minimum absolute atomic E-state index is 0.00189. The van der Waals surface area contributed by atoms with Crippen molar-refractivity contribution in [2.75, 3.05) is 11.9 Å². The van der Waals surface area contributed by atoms with Crippen molar-refractivity contribution in [3.8, 4) is 0 Å². The molecule has 2 aliphatic rings. The molecule has 1 aromatic heterocycles. The number of carbonyl (C=O) groups is 2. The number of anilines is 1. The van der Waals surface area contributed by atoms with Crippen molar-refractivity contribution in [3.05, 3.63) is 53.3 Å². The van der Waals surface area contributed by atoms with Gasteiger partial charge in [0.2, 0.25) is 16.9 Å². The third-order valence-corrected chi connectivity index (χ3v) is 7.08. The molecule has 6 nitrogen and oxygen atoms in total. The molecule has 0 spiro atoms. The van der Waals surface area contributed by atoms with Crippen molar-refractivity contribution >= 4 is 50.9 Å². The minimum Gasteiger partial charge on any atom is -0.326 e. The van der Waals surface area contributed by atoms with Crippen molar-refractivity contribution < 1.29 is 14.0 Å². The Hall–Kier alpha value is -2.52. The number of fused-ring (bicyclic) bond motifs is 1. The molecular weight excluding hydrogens is 423 g/mol. The second kappa shape index (κ2) is 9.09. The molecule has 1 unspecified atom stereocenters. The van der Waals surface area contributed by atoms with Crippen LogP contribution in [0.25, 0.3) is 0 Å². The number of halogens is 1. The third-order valence-electron chi connectivity index (χ3n) is 4.86. The van der Waals surface area contributed by atoms with Gasteiger partial charge in [-0.2, -0.15) is 4.99 Å². The van der Waals surface area contributed by atoms with Crippen molar-refractivity contribution in [1.82, 2.24) is 9.88 Å². The predicted octanol–water partition coefficient (Wildman–Crippen LogP) is 4.31. The Kier molecular flexibility index (Phi) is 6.29. The van der Waals surface area contributed by atoms with Crippen LogP contribution in [0.2, 0.25) is 0 Å². The highest BCUT2D eigenvalue weighted by Gasteiger charge is 2.39. The molecule has 0 saturated carbocycles. The van der Waals surface area contributed by atoms with Crippen molar-refractivity contribution in [2.45, 2.75) is 37.4 Å². The summed E-state index contributed by atoms with van der Waals surface area (Å²) in [6, 6.07) is 5.51. The minimum atomic E-state index is -0.571. The molecule has 1 fully saturated rings. The van der Waals surface area contributed by atoms with Crippen LogP contribution in [0.3, 0.4) is 0 Å². The first kappa shape index (κ1) is 20.7. The SMILES string of the molecule is C=CCN1C(=O)C(CC(=O)Nc2ccc(F)cc2)SC1=Nc1nc2c(s1)CCCC2. The Morgan fingerprint density at radius 1 is 1.33 bits per heavy atom. The molecule has 9 heteroatoms. The lowest BCUT2D eigenvalue weighted by Gasteiger charge is -2.13. The molecule has 1 atom stereocenters.